The zero-order valence-corrected chi connectivity index (χ0v) is 16.7. The van der Waals surface area contributed by atoms with Crippen LogP contribution in [0.3, 0.4) is 0 Å². The van der Waals surface area contributed by atoms with Crippen LogP contribution in [0.5, 0.6) is 0 Å². The minimum atomic E-state index is -2.72. The molecule has 0 aliphatic carbocycles. The zero-order chi connectivity index (χ0) is 19.6. The Morgan fingerprint density at radius 2 is 1.68 bits per heavy atom. The van der Waals surface area contributed by atoms with Gasteiger partial charge in [-0.05, 0) is 51.3 Å². The van der Waals surface area contributed by atoms with Gasteiger partial charge in [-0.2, -0.15) is 0 Å². The third kappa shape index (κ3) is 3.69. The summed E-state index contributed by atoms with van der Waals surface area (Å²) >= 11 is 3.41. The molecule has 0 N–H and O–H groups in total. The summed E-state index contributed by atoms with van der Waals surface area (Å²) in [5.74, 6) is -2.72. The molecule has 4 nitrogen and oxygen atoms in total. The Bertz CT molecular complexity index is 898. The van der Waals surface area contributed by atoms with Crippen molar-refractivity contribution < 1.29 is 8.78 Å². The van der Waals surface area contributed by atoms with Crippen molar-refractivity contribution in [3.05, 3.63) is 88.7 Å². The molecular weight excluding hydrogens is 426 g/mol. The third-order valence-corrected chi connectivity index (χ3v) is 5.64. The van der Waals surface area contributed by atoms with Crippen molar-refractivity contribution in [1.82, 2.24) is 19.9 Å². The van der Waals surface area contributed by atoms with Crippen LogP contribution in [0.25, 0.3) is 0 Å². The van der Waals surface area contributed by atoms with Gasteiger partial charge in [-0.25, -0.2) is 13.8 Å². The lowest BCUT2D eigenvalue weighted by Crippen LogP contribution is -2.49. The molecule has 1 saturated heterocycles. The van der Waals surface area contributed by atoms with E-state index in [0.29, 0.717) is 11.0 Å². The van der Waals surface area contributed by atoms with Crippen LogP contribution in [-0.4, -0.2) is 38.9 Å². The van der Waals surface area contributed by atoms with Crippen LogP contribution in [0.4, 0.5) is 8.78 Å². The highest BCUT2D eigenvalue weighted by Crippen LogP contribution is 2.43. The monoisotopic (exact) mass is 444 g/mol. The molecule has 4 rings (SSSR count). The molecule has 0 amide bonds. The molecule has 144 valence electrons. The van der Waals surface area contributed by atoms with Crippen molar-refractivity contribution in [2.24, 2.45) is 0 Å². The largest absolute Gasteiger partial charge is 0.283 e. The molecular formula is C21H19BrF2N4. The number of halogens is 3. The van der Waals surface area contributed by atoms with Gasteiger partial charge in [-0.3, -0.25) is 14.9 Å². The molecule has 1 aliphatic rings. The SMILES string of the molecule is FC1(F)CCN(C(Cc2cccc(Br)n2)(c2cccnc2)c2cccnc2)C1. The second-order valence-electron chi connectivity index (χ2n) is 7.00. The van der Waals surface area contributed by atoms with E-state index in [-0.39, 0.29) is 19.5 Å². The van der Waals surface area contributed by atoms with E-state index in [1.807, 2.05) is 47.4 Å². The average molecular weight is 445 g/mol. The standard InChI is InChI=1S/C21H19BrF2N4/c22-19-7-1-6-18(27-19)12-21(16-4-2-9-25-13-16,17-5-3-10-26-14-17)28-11-8-20(23,24)15-28/h1-7,9-10,13-14H,8,11-12,15H2. The van der Waals surface area contributed by atoms with E-state index in [2.05, 4.69) is 30.9 Å². The number of rotatable bonds is 5. The Kier molecular flexibility index (Phi) is 5.21. The lowest BCUT2D eigenvalue weighted by atomic mass is 9.79. The summed E-state index contributed by atoms with van der Waals surface area (Å²) in [5, 5.41) is 0. The molecule has 28 heavy (non-hydrogen) atoms. The number of nitrogens with zero attached hydrogens (tertiary/aromatic N) is 4. The maximum Gasteiger partial charge on any atom is 0.261 e. The van der Waals surface area contributed by atoms with E-state index < -0.39 is 11.5 Å². The van der Waals surface area contributed by atoms with Crippen LogP contribution in [-0.2, 0) is 12.0 Å². The molecule has 4 heterocycles. The second kappa shape index (κ2) is 7.64. The first-order chi connectivity index (χ1) is 13.5. The Morgan fingerprint density at radius 1 is 1.00 bits per heavy atom. The van der Waals surface area contributed by atoms with Gasteiger partial charge in [0.05, 0.1) is 12.1 Å². The molecule has 3 aromatic heterocycles. The van der Waals surface area contributed by atoms with Crippen LogP contribution in [0.15, 0.2) is 71.9 Å². The molecule has 0 saturated carbocycles. The maximum absolute atomic E-state index is 14.3. The highest BCUT2D eigenvalue weighted by Gasteiger charge is 2.49. The van der Waals surface area contributed by atoms with E-state index in [0.717, 1.165) is 16.8 Å². The van der Waals surface area contributed by atoms with Crippen LogP contribution in [0.2, 0.25) is 0 Å². The summed E-state index contributed by atoms with van der Waals surface area (Å²) in [6.07, 6.45) is 7.14. The van der Waals surface area contributed by atoms with Gasteiger partial charge in [0.15, 0.2) is 0 Å². The Balaban J connectivity index is 1.91. The van der Waals surface area contributed by atoms with Gasteiger partial charge in [0.25, 0.3) is 5.92 Å². The number of hydrogen-bond donors (Lipinski definition) is 0. The molecule has 0 spiro atoms. The van der Waals surface area contributed by atoms with Crippen molar-refractivity contribution in [3.8, 4) is 0 Å². The molecule has 0 bridgehead atoms. The predicted octanol–water partition coefficient (Wildman–Crippen LogP) is 4.46. The molecule has 3 aromatic rings. The van der Waals surface area contributed by atoms with Crippen molar-refractivity contribution in [2.45, 2.75) is 24.3 Å². The maximum atomic E-state index is 14.3. The summed E-state index contributed by atoms with van der Waals surface area (Å²) in [5.41, 5.74) is 1.67. The fourth-order valence-corrected chi connectivity index (χ4v) is 4.32. The van der Waals surface area contributed by atoms with Gasteiger partial charge in [-0.1, -0.05) is 18.2 Å². The van der Waals surface area contributed by atoms with Gasteiger partial charge >= 0.3 is 0 Å². The lowest BCUT2D eigenvalue weighted by molar-refractivity contribution is -0.000545. The predicted molar refractivity (Wildman–Crippen MR) is 106 cm³/mol. The van der Waals surface area contributed by atoms with Gasteiger partial charge < -0.3 is 0 Å². The van der Waals surface area contributed by atoms with Crippen LogP contribution < -0.4 is 0 Å². The summed E-state index contributed by atoms with van der Waals surface area (Å²) in [6.45, 7) is -0.0322. The van der Waals surface area contributed by atoms with Gasteiger partial charge in [0, 0.05) is 49.9 Å². The van der Waals surface area contributed by atoms with Gasteiger partial charge in [0.1, 0.15) is 4.60 Å². The van der Waals surface area contributed by atoms with Gasteiger partial charge in [0.2, 0.25) is 0 Å². The van der Waals surface area contributed by atoms with Crippen molar-refractivity contribution in [2.75, 3.05) is 13.1 Å². The third-order valence-electron chi connectivity index (χ3n) is 5.20. The quantitative estimate of drug-likeness (QED) is 0.544. The fourth-order valence-electron chi connectivity index (χ4n) is 3.94. The minimum Gasteiger partial charge on any atom is -0.283 e. The van der Waals surface area contributed by atoms with E-state index in [4.69, 9.17) is 0 Å². The number of aromatic nitrogens is 3. The first kappa shape index (κ1) is 19.1. The summed E-state index contributed by atoms with van der Waals surface area (Å²) in [4.78, 5) is 15.0. The number of alkyl halides is 2. The Labute approximate surface area is 170 Å². The molecule has 7 heteroatoms. The first-order valence-corrected chi connectivity index (χ1v) is 9.84. The number of hydrogen-bond acceptors (Lipinski definition) is 4. The first-order valence-electron chi connectivity index (χ1n) is 9.05. The topological polar surface area (TPSA) is 41.9 Å². The highest BCUT2D eigenvalue weighted by atomic mass is 79.9. The van der Waals surface area contributed by atoms with Crippen molar-refractivity contribution in [3.63, 3.8) is 0 Å². The van der Waals surface area contributed by atoms with Gasteiger partial charge in [-0.15, -0.1) is 0 Å². The zero-order valence-electron chi connectivity index (χ0n) is 15.1. The molecule has 1 fully saturated rings. The summed E-state index contributed by atoms with van der Waals surface area (Å²) in [6, 6.07) is 13.2. The van der Waals surface area contributed by atoms with E-state index in [1.165, 1.54) is 0 Å². The van der Waals surface area contributed by atoms with Crippen LogP contribution >= 0.6 is 15.9 Å². The number of likely N-dealkylation sites (tertiary alicyclic amines) is 1. The van der Waals surface area contributed by atoms with Crippen molar-refractivity contribution in [1.29, 1.82) is 0 Å². The van der Waals surface area contributed by atoms with E-state index >= 15 is 0 Å². The smallest absolute Gasteiger partial charge is 0.261 e. The minimum absolute atomic E-state index is 0.165. The molecule has 0 unspecified atom stereocenters. The molecule has 0 atom stereocenters. The normalized spacial score (nSPS) is 17.0. The number of pyridine rings is 3. The fraction of sp³-hybridized carbons (Fsp3) is 0.286. The Morgan fingerprint density at radius 3 is 2.18 bits per heavy atom. The second-order valence-corrected chi connectivity index (χ2v) is 7.81. The summed E-state index contributed by atoms with van der Waals surface area (Å²) < 4.78 is 29.2. The van der Waals surface area contributed by atoms with Crippen molar-refractivity contribution >= 4 is 15.9 Å². The lowest BCUT2D eigenvalue weighted by Gasteiger charge is -2.42. The van der Waals surface area contributed by atoms with E-state index in [1.54, 1.807) is 24.8 Å². The molecule has 1 aliphatic heterocycles. The highest BCUT2D eigenvalue weighted by molar-refractivity contribution is 9.10. The van der Waals surface area contributed by atoms with E-state index in [9.17, 15) is 8.78 Å². The summed E-state index contributed by atoms with van der Waals surface area (Å²) in [7, 11) is 0. The Hall–Kier alpha value is -2.25. The average Bonchev–Trinajstić information content (AvgIpc) is 3.07. The molecule has 0 radical (unpaired) electrons. The van der Waals surface area contributed by atoms with Crippen LogP contribution in [0, 0.1) is 0 Å². The molecule has 0 aromatic carbocycles. The van der Waals surface area contributed by atoms with Crippen LogP contribution in [0.1, 0.15) is 23.2 Å².